The van der Waals surface area contributed by atoms with Crippen LogP contribution in [0, 0.1) is 19.3 Å². The van der Waals surface area contributed by atoms with Gasteiger partial charge in [-0.3, -0.25) is 4.79 Å². The van der Waals surface area contributed by atoms with Gasteiger partial charge in [-0.15, -0.1) is 0 Å². The van der Waals surface area contributed by atoms with E-state index in [4.69, 9.17) is 17.0 Å². The van der Waals surface area contributed by atoms with Crippen LogP contribution in [0.2, 0.25) is 0 Å². The monoisotopic (exact) mass is 452 g/mol. The third-order valence-electron chi connectivity index (χ3n) is 4.84. The molecule has 0 aliphatic rings. The molecule has 2 aromatic rings. The minimum Gasteiger partial charge on any atom is -0.493 e. The number of hydrogen-bond donors (Lipinski definition) is 2. The zero-order chi connectivity index (χ0) is 23.2. The zero-order valence-electron chi connectivity index (χ0n) is 18.0. The molecule has 0 aromatic heterocycles. The summed E-state index contributed by atoms with van der Waals surface area (Å²) in [5, 5.41) is 5.14. The van der Waals surface area contributed by atoms with Crippen LogP contribution in [0.25, 0.3) is 0 Å². The minimum absolute atomic E-state index is 0.0518. The molecule has 2 rings (SSSR count). The maximum Gasteiger partial charge on any atom is 0.416 e. The molecule has 2 aromatic carbocycles. The van der Waals surface area contributed by atoms with Gasteiger partial charge in [0.25, 0.3) is 0 Å². The average molecular weight is 453 g/mol. The number of ether oxygens (including phenoxy) is 1. The minimum atomic E-state index is -4.45. The maximum absolute atomic E-state index is 12.8. The molecule has 0 spiro atoms. The van der Waals surface area contributed by atoms with E-state index < -0.39 is 17.2 Å². The van der Waals surface area contributed by atoms with Crippen molar-refractivity contribution in [3.8, 4) is 5.75 Å². The van der Waals surface area contributed by atoms with Gasteiger partial charge in [0.15, 0.2) is 5.11 Å². The Labute approximate surface area is 186 Å². The summed E-state index contributed by atoms with van der Waals surface area (Å²) in [6.45, 7) is 8.01. The Hall–Kier alpha value is -2.61. The van der Waals surface area contributed by atoms with Crippen LogP contribution in [0.15, 0.2) is 42.5 Å². The standard InChI is InChI=1S/C23H27F3N2O2S/c1-15-9-10-16(2)19(13-15)30-12-6-11-22(3,4)20(29)28-21(31)27-18-8-5-7-17(14-18)23(24,25)26/h5,7-10,13-14H,6,11-12H2,1-4H3,(H2,27,28,29,31). The highest BCUT2D eigenvalue weighted by molar-refractivity contribution is 7.80. The lowest BCUT2D eigenvalue weighted by Gasteiger charge is -2.24. The topological polar surface area (TPSA) is 50.4 Å². The molecule has 0 aliphatic carbocycles. The van der Waals surface area contributed by atoms with Crippen molar-refractivity contribution in [2.75, 3.05) is 11.9 Å². The van der Waals surface area contributed by atoms with Crippen molar-refractivity contribution in [2.45, 2.75) is 46.7 Å². The summed E-state index contributed by atoms with van der Waals surface area (Å²) in [5.74, 6) is 0.512. The number of aryl methyl sites for hydroxylation is 2. The molecule has 8 heteroatoms. The van der Waals surface area contributed by atoms with E-state index in [-0.39, 0.29) is 16.7 Å². The van der Waals surface area contributed by atoms with Crippen molar-refractivity contribution in [2.24, 2.45) is 5.41 Å². The van der Waals surface area contributed by atoms with Gasteiger partial charge in [-0.1, -0.05) is 32.0 Å². The molecular weight excluding hydrogens is 425 g/mol. The Morgan fingerprint density at radius 2 is 1.81 bits per heavy atom. The van der Waals surface area contributed by atoms with Crippen LogP contribution in [0.4, 0.5) is 18.9 Å². The Morgan fingerprint density at radius 1 is 1.10 bits per heavy atom. The molecule has 0 heterocycles. The van der Waals surface area contributed by atoms with E-state index in [0.29, 0.717) is 19.4 Å². The lowest BCUT2D eigenvalue weighted by molar-refractivity contribution is -0.137. The summed E-state index contributed by atoms with van der Waals surface area (Å²) in [6.07, 6.45) is -3.25. The summed E-state index contributed by atoms with van der Waals surface area (Å²) in [5.41, 5.74) is 0.788. The summed E-state index contributed by atoms with van der Waals surface area (Å²) < 4.78 is 44.3. The molecule has 4 nitrogen and oxygen atoms in total. The number of alkyl halides is 3. The number of benzene rings is 2. The van der Waals surface area contributed by atoms with Crippen molar-refractivity contribution in [3.63, 3.8) is 0 Å². The fourth-order valence-electron chi connectivity index (χ4n) is 2.88. The van der Waals surface area contributed by atoms with Crippen molar-refractivity contribution in [1.29, 1.82) is 0 Å². The first-order valence-electron chi connectivity index (χ1n) is 9.88. The van der Waals surface area contributed by atoms with Gasteiger partial charge in [0.05, 0.1) is 12.2 Å². The molecule has 168 valence electrons. The normalized spacial score (nSPS) is 11.7. The van der Waals surface area contributed by atoms with Crippen LogP contribution < -0.4 is 15.4 Å². The number of thiocarbonyl (C=S) groups is 1. The fraction of sp³-hybridized carbons (Fsp3) is 0.391. The van der Waals surface area contributed by atoms with E-state index in [9.17, 15) is 18.0 Å². The number of hydrogen-bond acceptors (Lipinski definition) is 3. The van der Waals surface area contributed by atoms with Gasteiger partial charge < -0.3 is 15.4 Å². The van der Waals surface area contributed by atoms with Crippen molar-refractivity contribution < 1.29 is 22.7 Å². The molecular formula is C23H27F3N2O2S. The Bertz CT molecular complexity index is 943. The second-order valence-corrected chi connectivity index (χ2v) is 8.50. The van der Waals surface area contributed by atoms with Crippen molar-refractivity contribution in [1.82, 2.24) is 5.32 Å². The third-order valence-corrected chi connectivity index (χ3v) is 5.04. The molecule has 31 heavy (non-hydrogen) atoms. The smallest absolute Gasteiger partial charge is 0.416 e. The molecule has 0 atom stereocenters. The fourth-order valence-corrected chi connectivity index (χ4v) is 3.09. The van der Waals surface area contributed by atoms with Gasteiger partial charge in [0, 0.05) is 11.1 Å². The molecule has 0 saturated carbocycles. The van der Waals surface area contributed by atoms with Crippen LogP contribution in [-0.2, 0) is 11.0 Å². The van der Waals surface area contributed by atoms with Crippen LogP contribution in [0.1, 0.15) is 43.4 Å². The highest BCUT2D eigenvalue weighted by atomic mass is 32.1. The van der Waals surface area contributed by atoms with E-state index in [1.807, 2.05) is 32.0 Å². The molecule has 0 radical (unpaired) electrons. The number of nitrogens with one attached hydrogen (secondary N) is 2. The summed E-state index contributed by atoms with van der Waals surface area (Å²) in [7, 11) is 0. The molecule has 0 bridgehead atoms. The molecule has 0 aliphatic heterocycles. The summed E-state index contributed by atoms with van der Waals surface area (Å²) >= 11 is 5.09. The van der Waals surface area contributed by atoms with E-state index in [1.165, 1.54) is 12.1 Å². The largest absolute Gasteiger partial charge is 0.493 e. The summed E-state index contributed by atoms with van der Waals surface area (Å²) in [6, 6.07) is 10.6. The molecule has 2 N–H and O–H groups in total. The van der Waals surface area contributed by atoms with Gasteiger partial charge in [-0.25, -0.2) is 0 Å². The predicted molar refractivity (Wildman–Crippen MR) is 120 cm³/mol. The number of carbonyl (C=O) groups is 1. The van der Waals surface area contributed by atoms with Gasteiger partial charge >= 0.3 is 6.18 Å². The first kappa shape index (κ1) is 24.7. The lowest BCUT2D eigenvalue weighted by atomic mass is 9.87. The van der Waals surface area contributed by atoms with Crippen LogP contribution in [0.5, 0.6) is 5.75 Å². The van der Waals surface area contributed by atoms with Gasteiger partial charge in [0.1, 0.15) is 5.75 Å². The quantitative estimate of drug-likeness (QED) is 0.398. The van der Waals surface area contributed by atoms with E-state index in [0.717, 1.165) is 29.0 Å². The van der Waals surface area contributed by atoms with Gasteiger partial charge in [-0.05, 0) is 74.3 Å². The van der Waals surface area contributed by atoms with E-state index >= 15 is 0 Å². The van der Waals surface area contributed by atoms with E-state index in [1.54, 1.807) is 13.8 Å². The first-order chi connectivity index (χ1) is 14.4. The number of halogens is 3. The average Bonchev–Trinajstić information content (AvgIpc) is 2.67. The maximum atomic E-state index is 12.8. The van der Waals surface area contributed by atoms with Crippen molar-refractivity contribution in [3.05, 3.63) is 59.2 Å². The number of rotatable bonds is 7. The second kappa shape index (κ2) is 10.1. The second-order valence-electron chi connectivity index (χ2n) is 8.09. The molecule has 0 unspecified atom stereocenters. The first-order valence-corrected chi connectivity index (χ1v) is 10.3. The van der Waals surface area contributed by atoms with Crippen molar-refractivity contribution >= 4 is 28.9 Å². The van der Waals surface area contributed by atoms with Crippen LogP contribution in [-0.4, -0.2) is 17.6 Å². The lowest BCUT2D eigenvalue weighted by Crippen LogP contribution is -2.42. The Morgan fingerprint density at radius 3 is 2.48 bits per heavy atom. The number of anilines is 1. The van der Waals surface area contributed by atoms with E-state index in [2.05, 4.69) is 10.6 Å². The highest BCUT2D eigenvalue weighted by Crippen LogP contribution is 2.30. The highest BCUT2D eigenvalue weighted by Gasteiger charge is 2.31. The van der Waals surface area contributed by atoms with Crippen LogP contribution >= 0.6 is 12.2 Å². The summed E-state index contributed by atoms with van der Waals surface area (Å²) in [4.78, 5) is 12.6. The number of amides is 1. The SMILES string of the molecule is Cc1ccc(C)c(OCCCC(C)(C)C(=O)NC(=S)Nc2cccc(C(F)(F)F)c2)c1. The predicted octanol–water partition coefficient (Wildman–Crippen LogP) is 6.02. The number of carbonyl (C=O) groups excluding carboxylic acids is 1. The van der Waals surface area contributed by atoms with Crippen LogP contribution in [0.3, 0.4) is 0 Å². The third kappa shape index (κ3) is 7.54. The Balaban J connectivity index is 1.84. The zero-order valence-corrected chi connectivity index (χ0v) is 18.8. The van der Waals surface area contributed by atoms with Gasteiger partial charge in [0.2, 0.25) is 5.91 Å². The Kier molecular flexibility index (Phi) is 8.06. The molecule has 0 saturated heterocycles. The van der Waals surface area contributed by atoms with Gasteiger partial charge in [-0.2, -0.15) is 13.2 Å². The molecule has 0 fully saturated rings. The molecule has 1 amide bonds.